The van der Waals surface area contributed by atoms with Crippen molar-refractivity contribution in [3.63, 3.8) is 0 Å². The van der Waals surface area contributed by atoms with Crippen LogP contribution in [0.25, 0.3) is 0 Å². The molecule has 0 radical (unpaired) electrons. The maximum Gasteiger partial charge on any atom is 0.253 e. The first-order chi connectivity index (χ1) is 13.1. The van der Waals surface area contributed by atoms with Crippen molar-refractivity contribution in [2.75, 3.05) is 37.6 Å². The van der Waals surface area contributed by atoms with Crippen molar-refractivity contribution in [3.8, 4) is 0 Å². The van der Waals surface area contributed by atoms with Crippen LogP contribution < -0.4 is 10.2 Å². The number of para-hydroxylation sites is 1. The van der Waals surface area contributed by atoms with Crippen LogP contribution in [-0.4, -0.2) is 49.4 Å². The molecule has 0 aliphatic carbocycles. The molecule has 0 spiro atoms. The summed E-state index contributed by atoms with van der Waals surface area (Å²) in [4.78, 5) is 28.3. The Morgan fingerprint density at radius 2 is 1.63 bits per heavy atom. The van der Waals surface area contributed by atoms with E-state index in [2.05, 4.69) is 11.9 Å². The average molecular weight is 367 g/mol. The van der Waals surface area contributed by atoms with E-state index in [1.165, 1.54) is 6.07 Å². The van der Waals surface area contributed by atoms with Gasteiger partial charge in [0.2, 0.25) is 0 Å². The molecule has 3 rings (SSSR count). The second-order valence-electron chi connectivity index (χ2n) is 6.31. The third kappa shape index (κ3) is 4.34. The number of hydrogen-bond donors (Lipinski definition) is 1. The second-order valence-corrected chi connectivity index (χ2v) is 6.31. The van der Waals surface area contributed by atoms with Gasteiger partial charge in [-0.3, -0.25) is 9.59 Å². The summed E-state index contributed by atoms with van der Waals surface area (Å²) < 4.78 is 13.9. The first-order valence-electron chi connectivity index (χ1n) is 8.88. The number of nitrogens with one attached hydrogen (secondary N) is 1. The molecule has 1 fully saturated rings. The van der Waals surface area contributed by atoms with E-state index in [1.54, 1.807) is 47.4 Å². The van der Waals surface area contributed by atoms with Crippen molar-refractivity contribution in [2.24, 2.45) is 0 Å². The quantitative estimate of drug-likeness (QED) is 0.827. The normalized spacial score (nSPS) is 14.0. The lowest BCUT2D eigenvalue weighted by molar-refractivity contribution is 0.0746. The largest absolute Gasteiger partial charge is 0.366 e. The SMILES string of the molecule is C=CCNC(=O)c1ccc(C(=O)N2CCN(c3ccccc3F)CC2)cc1. The molecular formula is C21H22FN3O2. The molecule has 2 aromatic carbocycles. The van der Waals surface area contributed by atoms with Crippen molar-refractivity contribution < 1.29 is 14.0 Å². The molecular weight excluding hydrogens is 345 g/mol. The lowest BCUT2D eigenvalue weighted by Crippen LogP contribution is -2.49. The molecule has 1 heterocycles. The highest BCUT2D eigenvalue weighted by molar-refractivity contribution is 5.98. The number of piperazine rings is 1. The van der Waals surface area contributed by atoms with Gasteiger partial charge >= 0.3 is 0 Å². The summed E-state index contributed by atoms with van der Waals surface area (Å²) in [5, 5.41) is 2.70. The van der Waals surface area contributed by atoms with Crippen LogP contribution in [0.4, 0.5) is 10.1 Å². The molecule has 1 saturated heterocycles. The summed E-state index contributed by atoms with van der Waals surface area (Å²) in [6.45, 7) is 6.15. The maximum absolute atomic E-state index is 13.9. The lowest BCUT2D eigenvalue weighted by atomic mass is 10.1. The highest BCUT2D eigenvalue weighted by Gasteiger charge is 2.23. The lowest BCUT2D eigenvalue weighted by Gasteiger charge is -2.36. The maximum atomic E-state index is 13.9. The molecule has 0 saturated carbocycles. The fourth-order valence-electron chi connectivity index (χ4n) is 3.07. The van der Waals surface area contributed by atoms with Crippen LogP contribution in [0.1, 0.15) is 20.7 Å². The smallest absolute Gasteiger partial charge is 0.253 e. The molecule has 0 aromatic heterocycles. The summed E-state index contributed by atoms with van der Waals surface area (Å²) in [6, 6.07) is 13.3. The van der Waals surface area contributed by atoms with E-state index in [4.69, 9.17) is 0 Å². The zero-order valence-electron chi connectivity index (χ0n) is 15.0. The number of amides is 2. The van der Waals surface area contributed by atoms with Gasteiger partial charge in [0.05, 0.1) is 5.69 Å². The standard InChI is InChI=1S/C21H22FN3O2/c1-2-11-23-20(26)16-7-9-17(10-8-16)21(27)25-14-12-24(13-15-25)19-6-4-3-5-18(19)22/h2-10H,1,11-15H2,(H,23,26). The second kappa shape index (κ2) is 8.49. The minimum absolute atomic E-state index is 0.0822. The van der Waals surface area contributed by atoms with Gasteiger partial charge in [-0.2, -0.15) is 0 Å². The fourth-order valence-corrected chi connectivity index (χ4v) is 3.07. The van der Waals surface area contributed by atoms with Gasteiger partial charge in [0.25, 0.3) is 11.8 Å². The van der Waals surface area contributed by atoms with E-state index >= 15 is 0 Å². The summed E-state index contributed by atoms with van der Waals surface area (Å²) in [6.07, 6.45) is 1.61. The van der Waals surface area contributed by atoms with Gasteiger partial charge in [-0.1, -0.05) is 18.2 Å². The minimum Gasteiger partial charge on any atom is -0.366 e. The molecule has 1 aliphatic rings. The first-order valence-corrected chi connectivity index (χ1v) is 8.88. The predicted octanol–water partition coefficient (Wildman–Crippen LogP) is 2.70. The Bertz CT molecular complexity index is 828. The molecule has 2 amide bonds. The van der Waals surface area contributed by atoms with E-state index < -0.39 is 0 Å². The van der Waals surface area contributed by atoms with Crippen LogP contribution in [0.3, 0.4) is 0 Å². The van der Waals surface area contributed by atoms with Crippen LogP contribution >= 0.6 is 0 Å². The Hall–Kier alpha value is -3.15. The van der Waals surface area contributed by atoms with Crippen LogP contribution in [0.15, 0.2) is 61.2 Å². The zero-order chi connectivity index (χ0) is 19.2. The molecule has 1 N–H and O–H groups in total. The summed E-state index contributed by atoms with van der Waals surface area (Å²) >= 11 is 0. The number of rotatable bonds is 5. The predicted molar refractivity (Wildman–Crippen MR) is 103 cm³/mol. The molecule has 0 atom stereocenters. The number of carbonyl (C=O) groups is 2. The van der Waals surface area contributed by atoms with E-state index in [0.29, 0.717) is 49.5 Å². The number of nitrogens with zero attached hydrogens (tertiary/aromatic N) is 2. The number of hydrogen-bond acceptors (Lipinski definition) is 3. The van der Waals surface area contributed by atoms with Crippen molar-refractivity contribution in [1.29, 1.82) is 0 Å². The molecule has 6 heteroatoms. The van der Waals surface area contributed by atoms with Gasteiger partial charge in [-0.25, -0.2) is 4.39 Å². The van der Waals surface area contributed by atoms with Crippen LogP contribution in [0.2, 0.25) is 0 Å². The highest BCUT2D eigenvalue weighted by Crippen LogP contribution is 2.20. The van der Waals surface area contributed by atoms with Gasteiger partial charge in [0.1, 0.15) is 5.82 Å². The summed E-state index contributed by atoms with van der Waals surface area (Å²) in [5.74, 6) is -0.531. The molecule has 27 heavy (non-hydrogen) atoms. The van der Waals surface area contributed by atoms with Crippen molar-refractivity contribution in [1.82, 2.24) is 10.2 Å². The first kappa shape index (κ1) is 18.6. The fraction of sp³-hybridized carbons (Fsp3) is 0.238. The number of benzene rings is 2. The highest BCUT2D eigenvalue weighted by atomic mass is 19.1. The Balaban J connectivity index is 1.60. The van der Waals surface area contributed by atoms with E-state index in [0.717, 1.165) is 0 Å². The third-order valence-corrected chi connectivity index (χ3v) is 4.56. The number of halogens is 1. The minimum atomic E-state index is -0.248. The van der Waals surface area contributed by atoms with Crippen molar-refractivity contribution in [2.45, 2.75) is 0 Å². The number of anilines is 1. The van der Waals surface area contributed by atoms with Gasteiger partial charge in [0, 0.05) is 43.9 Å². The van der Waals surface area contributed by atoms with Gasteiger partial charge < -0.3 is 15.1 Å². The van der Waals surface area contributed by atoms with Gasteiger partial charge in [0.15, 0.2) is 0 Å². The molecule has 2 aromatic rings. The zero-order valence-corrected chi connectivity index (χ0v) is 15.0. The van der Waals surface area contributed by atoms with Gasteiger partial charge in [-0.05, 0) is 36.4 Å². The summed E-state index contributed by atoms with van der Waals surface area (Å²) in [7, 11) is 0. The Morgan fingerprint density at radius 1 is 1.00 bits per heavy atom. The molecule has 5 nitrogen and oxygen atoms in total. The third-order valence-electron chi connectivity index (χ3n) is 4.56. The van der Waals surface area contributed by atoms with Crippen LogP contribution in [0.5, 0.6) is 0 Å². The monoisotopic (exact) mass is 367 g/mol. The summed E-state index contributed by atoms with van der Waals surface area (Å²) in [5.41, 5.74) is 1.60. The molecule has 0 bridgehead atoms. The topological polar surface area (TPSA) is 52.7 Å². The average Bonchev–Trinajstić information content (AvgIpc) is 2.72. The molecule has 140 valence electrons. The Kier molecular flexibility index (Phi) is 5.86. The van der Waals surface area contributed by atoms with Crippen LogP contribution in [0, 0.1) is 5.82 Å². The Labute approximate surface area is 158 Å². The van der Waals surface area contributed by atoms with Crippen LogP contribution in [-0.2, 0) is 0 Å². The van der Waals surface area contributed by atoms with Gasteiger partial charge in [-0.15, -0.1) is 6.58 Å². The molecule has 1 aliphatic heterocycles. The number of carbonyl (C=O) groups excluding carboxylic acids is 2. The Morgan fingerprint density at radius 3 is 2.26 bits per heavy atom. The van der Waals surface area contributed by atoms with E-state index in [9.17, 15) is 14.0 Å². The van der Waals surface area contributed by atoms with Crippen molar-refractivity contribution in [3.05, 3.63) is 78.1 Å². The van der Waals surface area contributed by atoms with E-state index in [-0.39, 0.29) is 17.6 Å². The van der Waals surface area contributed by atoms with Crippen molar-refractivity contribution >= 4 is 17.5 Å². The van der Waals surface area contributed by atoms with E-state index in [1.807, 2.05) is 11.0 Å². The molecule has 0 unspecified atom stereocenters.